The van der Waals surface area contributed by atoms with E-state index in [9.17, 15) is 0 Å². The van der Waals surface area contributed by atoms with Crippen molar-refractivity contribution in [3.8, 4) is 0 Å². The first-order chi connectivity index (χ1) is 6.70. The summed E-state index contributed by atoms with van der Waals surface area (Å²) in [5.74, 6) is 0. The van der Waals surface area contributed by atoms with Crippen LogP contribution in [-0.2, 0) is 0 Å². The van der Waals surface area contributed by atoms with Gasteiger partial charge in [-0.1, -0.05) is 6.07 Å². The molecule has 0 bridgehead atoms. The van der Waals surface area contributed by atoms with Gasteiger partial charge in [-0.15, -0.1) is 11.3 Å². The smallest absolute Gasteiger partial charge is 0.0894 e. The Bertz CT molecular complexity index is 457. The van der Waals surface area contributed by atoms with Crippen LogP contribution in [0.1, 0.15) is 18.1 Å². The molecule has 0 aliphatic heterocycles. The van der Waals surface area contributed by atoms with Crippen LogP contribution in [0.2, 0.25) is 0 Å². The maximum Gasteiger partial charge on any atom is 0.0894 e. The van der Waals surface area contributed by atoms with E-state index in [2.05, 4.69) is 44.3 Å². The summed E-state index contributed by atoms with van der Waals surface area (Å²) in [5.41, 5.74) is 2.72. The molecule has 0 saturated carbocycles. The number of anilines is 1. The fourth-order valence-electron chi connectivity index (χ4n) is 1.75. The van der Waals surface area contributed by atoms with Gasteiger partial charge < -0.3 is 5.32 Å². The second-order valence-electron chi connectivity index (χ2n) is 3.63. The van der Waals surface area contributed by atoms with Crippen LogP contribution < -0.4 is 5.32 Å². The number of aryl methyl sites for hydroxylation is 2. The van der Waals surface area contributed by atoms with Crippen molar-refractivity contribution in [3.63, 3.8) is 0 Å². The zero-order valence-corrected chi connectivity index (χ0v) is 9.66. The van der Waals surface area contributed by atoms with Gasteiger partial charge in [0.25, 0.3) is 0 Å². The van der Waals surface area contributed by atoms with Crippen LogP contribution in [0.15, 0.2) is 18.2 Å². The van der Waals surface area contributed by atoms with Crippen LogP contribution in [-0.4, -0.2) is 6.54 Å². The normalized spacial score (nSPS) is 10.8. The highest BCUT2D eigenvalue weighted by Gasteiger charge is 2.03. The summed E-state index contributed by atoms with van der Waals surface area (Å²) in [7, 11) is 0. The molecule has 2 rings (SSSR count). The Kier molecular flexibility index (Phi) is 2.46. The third kappa shape index (κ3) is 1.62. The first-order valence-electron chi connectivity index (χ1n) is 4.95. The Morgan fingerprint density at radius 1 is 1.21 bits per heavy atom. The number of hydrogen-bond acceptors (Lipinski definition) is 2. The largest absolute Gasteiger partial charge is 0.377 e. The standard InChI is InChI=1S/C12H15NS/c1-4-13-12-7-10-9(3)5-8(2)6-11(10)14-12/h5-7,13H,4H2,1-3H3. The summed E-state index contributed by atoms with van der Waals surface area (Å²) < 4.78 is 1.39. The Morgan fingerprint density at radius 3 is 2.71 bits per heavy atom. The molecule has 14 heavy (non-hydrogen) atoms. The van der Waals surface area contributed by atoms with Crippen LogP contribution in [0.4, 0.5) is 5.00 Å². The fourth-order valence-corrected chi connectivity index (χ4v) is 2.95. The molecule has 0 saturated heterocycles. The molecule has 0 radical (unpaired) electrons. The first-order valence-corrected chi connectivity index (χ1v) is 5.77. The minimum atomic E-state index is 0.991. The van der Waals surface area contributed by atoms with Crippen molar-refractivity contribution in [3.05, 3.63) is 29.3 Å². The zero-order chi connectivity index (χ0) is 10.1. The van der Waals surface area contributed by atoms with Gasteiger partial charge >= 0.3 is 0 Å². The van der Waals surface area contributed by atoms with Gasteiger partial charge in [0.15, 0.2) is 0 Å². The fraction of sp³-hybridized carbons (Fsp3) is 0.333. The number of nitrogens with one attached hydrogen (secondary N) is 1. The number of fused-ring (bicyclic) bond motifs is 1. The van der Waals surface area contributed by atoms with Gasteiger partial charge in [-0.05, 0) is 49.4 Å². The lowest BCUT2D eigenvalue weighted by molar-refractivity contribution is 1.23. The van der Waals surface area contributed by atoms with Crippen molar-refractivity contribution in [2.45, 2.75) is 20.8 Å². The molecular weight excluding hydrogens is 190 g/mol. The summed E-state index contributed by atoms with van der Waals surface area (Å²) in [6, 6.07) is 6.75. The van der Waals surface area contributed by atoms with E-state index < -0.39 is 0 Å². The minimum Gasteiger partial charge on any atom is -0.377 e. The summed E-state index contributed by atoms with van der Waals surface area (Å²) in [4.78, 5) is 0. The summed E-state index contributed by atoms with van der Waals surface area (Å²) >= 11 is 1.84. The van der Waals surface area contributed by atoms with Gasteiger partial charge in [0.05, 0.1) is 5.00 Å². The predicted molar refractivity (Wildman–Crippen MR) is 65.5 cm³/mol. The second-order valence-corrected chi connectivity index (χ2v) is 4.72. The molecule has 1 aromatic heterocycles. The molecule has 0 amide bonds. The molecule has 1 heterocycles. The highest BCUT2D eigenvalue weighted by Crippen LogP contribution is 2.32. The summed E-state index contributed by atoms with van der Waals surface area (Å²) in [5, 5.41) is 6.02. The zero-order valence-electron chi connectivity index (χ0n) is 8.85. The van der Waals surface area contributed by atoms with Crippen molar-refractivity contribution in [1.82, 2.24) is 0 Å². The molecule has 2 aromatic rings. The van der Waals surface area contributed by atoms with E-state index in [-0.39, 0.29) is 0 Å². The molecule has 0 aliphatic rings. The monoisotopic (exact) mass is 205 g/mol. The topological polar surface area (TPSA) is 12.0 Å². The highest BCUT2D eigenvalue weighted by molar-refractivity contribution is 7.22. The van der Waals surface area contributed by atoms with Crippen molar-refractivity contribution >= 4 is 26.4 Å². The van der Waals surface area contributed by atoms with Crippen LogP contribution >= 0.6 is 11.3 Å². The molecule has 1 nitrogen and oxygen atoms in total. The lowest BCUT2D eigenvalue weighted by Gasteiger charge is -1.97. The lowest BCUT2D eigenvalue weighted by Crippen LogP contribution is -1.92. The van der Waals surface area contributed by atoms with E-state index in [1.54, 1.807) is 0 Å². The van der Waals surface area contributed by atoms with Gasteiger partial charge in [0.2, 0.25) is 0 Å². The second kappa shape index (κ2) is 3.62. The third-order valence-electron chi connectivity index (χ3n) is 2.34. The molecule has 1 aromatic carbocycles. The van der Waals surface area contributed by atoms with Gasteiger partial charge in [-0.3, -0.25) is 0 Å². The SMILES string of the molecule is CCNc1cc2c(C)cc(C)cc2s1. The quantitative estimate of drug-likeness (QED) is 0.782. The number of benzene rings is 1. The van der Waals surface area contributed by atoms with E-state index in [4.69, 9.17) is 0 Å². The highest BCUT2D eigenvalue weighted by atomic mass is 32.1. The summed E-state index contributed by atoms with van der Waals surface area (Å²) in [6.45, 7) is 7.45. The molecular formula is C12H15NS. The predicted octanol–water partition coefficient (Wildman–Crippen LogP) is 3.95. The molecule has 1 N–H and O–H groups in total. The van der Waals surface area contributed by atoms with Gasteiger partial charge in [0, 0.05) is 11.2 Å². The van der Waals surface area contributed by atoms with E-state index in [1.807, 2.05) is 11.3 Å². The summed E-state index contributed by atoms with van der Waals surface area (Å²) in [6.07, 6.45) is 0. The molecule has 0 unspecified atom stereocenters. The number of hydrogen-bond donors (Lipinski definition) is 1. The number of thiophene rings is 1. The van der Waals surface area contributed by atoms with Gasteiger partial charge in [0.1, 0.15) is 0 Å². The molecule has 0 atom stereocenters. The van der Waals surface area contributed by atoms with Crippen LogP contribution in [0, 0.1) is 13.8 Å². The Morgan fingerprint density at radius 2 is 2.00 bits per heavy atom. The minimum absolute atomic E-state index is 0.991. The van der Waals surface area contributed by atoms with Crippen LogP contribution in [0.3, 0.4) is 0 Å². The first kappa shape index (κ1) is 9.53. The van der Waals surface area contributed by atoms with Gasteiger partial charge in [-0.2, -0.15) is 0 Å². The average molecular weight is 205 g/mol. The van der Waals surface area contributed by atoms with Crippen LogP contribution in [0.5, 0.6) is 0 Å². The van der Waals surface area contributed by atoms with Crippen molar-refractivity contribution in [1.29, 1.82) is 0 Å². The Labute approximate surface area is 88.8 Å². The molecule has 74 valence electrons. The lowest BCUT2D eigenvalue weighted by atomic mass is 10.1. The van der Waals surface area contributed by atoms with Crippen LogP contribution in [0.25, 0.3) is 10.1 Å². The maximum absolute atomic E-state index is 3.36. The van der Waals surface area contributed by atoms with E-state index >= 15 is 0 Å². The van der Waals surface area contributed by atoms with E-state index in [1.165, 1.54) is 26.2 Å². The Hall–Kier alpha value is -1.02. The van der Waals surface area contributed by atoms with E-state index in [0.29, 0.717) is 0 Å². The van der Waals surface area contributed by atoms with E-state index in [0.717, 1.165) is 6.54 Å². The molecule has 0 fully saturated rings. The Balaban J connectivity index is 2.58. The molecule has 0 aliphatic carbocycles. The molecule has 0 spiro atoms. The molecule has 2 heteroatoms. The van der Waals surface area contributed by atoms with Gasteiger partial charge in [-0.25, -0.2) is 0 Å². The maximum atomic E-state index is 3.36. The van der Waals surface area contributed by atoms with Crippen molar-refractivity contribution in [2.24, 2.45) is 0 Å². The average Bonchev–Trinajstić information content (AvgIpc) is 2.48. The number of rotatable bonds is 2. The third-order valence-corrected chi connectivity index (χ3v) is 3.38. The van der Waals surface area contributed by atoms with Crippen molar-refractivity contribution in [2.75, 3.05) is 11.9 Å². The van der Waals surface area contributed by atoms with Crippen molar-refractivity contribution < 1.29 is 0 Å².